The van der Waals surface area contributed by atoms with Crippen molar-refractivity contribution in [3.8, 4) is 0 Å². The van der Waals surface area contributed by atoms with E-state index in [1.807, 2.05) is 0 Å². The minimum atomic E-state index is -0.902. The molecule has 3 unspecified atom stereocenters. The minimum absolute atomic E-state index is 0.430. The molecule has 13 heavy (non-hydrogen) atoms. The fraction of sp³-hybridized carbons (Fsp3) is 0.875. The lowest BCUT2D eigenvalue weighted by Gasteiger charge is -2.17. The standard InChI is InChI=1S/C8H10O5/c1-7(2)12-5-6(10)11-4-3(9)8(4,5)13-7/h3-5,9H,1-2H3/t3?,4-,5?,8?/m1/s1. The first-order valence-electron chi connectivity index (χ1n) is 4.24. The van der Waals surface area contributed by atoms with Crippen LogP contribution in [0.3, 0.4) is 0 Å². The van der Waals surface area contributed by atoms with Crippen LogP contribution in [0.25, 0.3) is 0 Å². The topological polar surface area (TPSA) is 65.0 Å². The Kier molecular flexibility index (Phi) is 1.04. The Morgan fingerprint density at radius 3 is 2.77 bits per heavy atom. The van der Waals surface area contributed by atoms with E-state index in [-0.39, 0.29) is 0 Å². The van der Waals surface area contributed by atoms with Crippen molar-refractivity contribution in [1.82, 2.24) is 0 Å². The van der Waals surface area contributed by atoms with Crippen molar-refractivity contribution in [2.24, 2.45) is 0 Å². The van der Waals surface area contributed by atoms with Crippen molar-refractivity contribution in [2.75, 3.05) is 0 Å². The van der Waals surface area contributed by atoms with Gasteiger partial charge in [0.1, 0.15) is 6.10 Å². The maximum Gasteiger partial charge on any atom is 0.339 e. The summed E-state index contributed by atoms with van der Waals surface area (Å²) in [5, 5.41) is 9.47. The van der Waals surface area contributed by atoms with Gasteiger partial charge in [0.15, 0.2) is 23.6 Å². The molecule has 0 bridgehead atoms. The van der Waals surface area contributed by atoms with E-state index >= 15 is 0 Å². The summed E-state index contributed by atoms with van der Waals surface area (Å²) in [6.45, 7) is 3.44. The molecule has 4 atom stereocenters. The van der Waals surface area contributed by atoms with Gasteiger partial charge in [-0.05, 0) is 13.8 Å². The van der Waals surface area contributed by atoms with Crippen LogP contribution in [0.15, 0.2) is 0 Å². The zero-order chi connectivity index (χ0) is 9.43. The molecule has 3 rings (SSSR count). The van der Waals surface area contributed by atoms with E-state index in [1.165, 1.54) is 0 Å². The lowest BCUT2D eigenvalue weighted by atomic mass is 10.2. The highest BCUT2D eigenvalue weighted by molar-refractivity contribution is 5.83. The van der Waals surface area contributed by atoms with E-state index in [4.69, 9.17) is 14.2 Å². The molecule has 1 saturated carbocycles. The van der Waals surface area contributed by atoms with Crippen LogP contribution in [0.2, 0.25) is 0 Å². The number of aliphatic hydroxyl groups excluding tert-OH is 1. The van der Waals surface area contributed by atoms with Crippen molar-refractivity contribution in [3.05, 3.63) is 0 Å². The van der Waals surface area contributed by atoms with E-state index < -0.39 is 35.7 Å². The molecule has 5 nitrogen and oxygen atoms in total. The predicted octanol–water partition coefficient (Wildman–Crippen LogP) is -0.823. The third-order valence-corrected chi connectivity index (χ3v) is 2.78. The molecule has 2 aliphatic heterocycles. The largest absolute Gasteiger partial charge is 0.454 e. The van der Waals surface area contributed by atoms with Gasteiger partial charge in [0, 0.05) is 0 Å². The number of ether oxygens (including phenoxy) is 3. The molecule has 3 aliphatic rings. The van der Waals surface area contributed by atoms with Crippen LogP contribution in [0.5, 0.6) is 0 Å². The van der Waals surface area contributed by atoms with Gasteiger partial charge in [-0.25, -0.2) is 4.79 Å². The summed E-state index contributed by atoms with van der Waals surface area (Å²) < 4.78 is 15.7. The molecule has 0 aromatic heterocycles. The fourth-order valence-electron chi connectivity index (χ4n) is 2.21. The van der Waals surface area contributed by atoms with Gasteiger partial charge < -0.3 is 19.3 Å². The van der Waals surface area contributed by atoms with E-state index in [2.05, 4.69) is 0 Å². The quantitative estimate of drug-likeness (QED) is 0.500. The predicted molar refractivity (Wildman–Crippen MR) is 38.7 cm³/mol. The van der Waals surface area contributed by atoms with Gasteiger partial charge in [-0.1, -0.05) is 0 Å². The van der Waals surface area contributed by atoms with Gasteiger partial charge in [0.25, 0.3) is 0 Å². The SMILES string of the molecule is CC1(C)OC2C(=O)O[C@@H]3C(O)C23O1. The number of esters is 1. The van der Waals surface area contributed by atoms with Gasteiger partial charge in [-0.2, -0.15) is 0 Å². The highest BCUT2D eigenvalue weighted by Crippen LogP contribution is 2.58. The van der Waals surface area contributed by atoms with Crippen LogP contribution in [0.1, 0.15) is 13.8 Å². The fourth-order valence-corrected chi connectivity index (χ4v) is 2.21. The second-order valence-electron chi connectivity index (χ2n) is 4.16. The van der Waals surface area contributed by atoms with Crippen molar-refractivity contribution < 1.29 is 24.1 Å². The maximum atomic E-state index is 11.2. The average molecular weight is 186 g/mol. The van der Waals surface area contributed by atoms with E-state index in [1.54, 1.807) is 13.8 Å². The maximum absolute atomic E-state index is 11.2. The van der Waals surface area contributed by atoms with Gasteiger partial charge in [0.2, 0.25) is 0 Å². The molecule has 1 aliphatic carbocycles. The number of carbonyl (C=O) groups is 1. The number of rotatable bonds is 0. The molecule has 0 radical (unpaired) electrons. The molecule has 1 spiro atoms. The summed E-state index contributed by atoms with van der Waals surface area (Å²) in [5.74, 6) is -1.24. The van der Waals surface area contributed by atoms with Crippen LogP contribution in [0.4, 0.5) is 0 Å². The van der Waals surface area contributed by atoms with Crippen LogP contribution in [0, 0.1) is 0 Å². The van der Waals surface area contributed by atoms with E-state index in [0.717, 1.165) is 0 Å². The van der Waals surface area contributed by atoms with Crippen LogP contribution < -0.4 is 0 Å². The van der Waals surface area contributed by atoms with Crippen LogP contribution >= 0.6 is 0 Å². The second kappa shape index (κ2) is 1.75. The summed E-state index contributed by atoms with van der Waals surface area (Å²) in [6.07, 6.45) is -1.99. The highest BCUT2D eigenvalue weighted by Gasteiger charge is 2.84. The van der Waals surface area contributed by atoms with Crippen molar-refractivity contribution in [2.45, 2.75) is 43.5 Å². The van der Waals surface area contributed by atoms with Gasteiger partial charge in [-0.15, -0.1) is 0 Å². The molecular formula is C8H10O5. The lowest BCUT2D eigenvalue weighted by Crippen LogP contribution is -2.32. The third kappa shape index (κ3) is 0.675. The zero-order valence-electron chi connectivity index (χ0n) is 7.31. The summed E-state index contributed by atoms with van der Waals surface area (Å²) in [4.78, 5) is 11.2. The van der Waals surface area contributed by atoms with Crippen LogP contribution in [-0.2, 0) is 19.0 Å². The van der Waals surface area contributed by atoms with Gasteiger partial charge in [-0.3, -0.25) is 0 Å². The first-order valence-corrected chi connectivity index (χ1v) is 4.24. The Morgan fingerprint density at radius 1 is 1.46 bits per heavy atom. The molecule has 0 aromatic carbocycles. The van der Waals surface area contributed by atoms with Crippen LogP contribution in [-0.4, -0.2) is 40.8 Å². The lowest BCUT2D eigenvalue weighted by molar-refractivity contribution is -0.179. The van der Waals surface area contributed by atoms with Crippen molar-refractivity contribution in [1.29, 1.82) is 0 Å². The highest BCUT2D eigenvalue weighted by atomic mass is 16.8. The summed E-state index contributed by atoms with van der Waals surface area (Å²) in [5.41, 5.74) is -0.902. The first-order chi connectivity index (χ1) is 5.97. The Hall–Kier alpha value is -0.650. The molecule has 0 amide bonds. The first kappa shape index (κ1) is 7.73. The number of hydrogen-bond acceptors (Lipinski definition) is 5. The molecule has 2 heterocycles. The monoisotopic (exact) mass is 186 g/mol. The molecule has 5 heteroatoms. The Labute approximate surface area is 74.6 Å². The van der Waals surface area contributed by atoms with E-state index in [9.17, 15) is 9.90 Å². The third-order valence-electron chi connectivity index (χ3n) is 2.78. The normalized spacial score (nSPS) is 55.6. The molecule has 3 fully saturated rings. The number of carbonyl (C=O) groups excluding carboxylic acids is 1. The Balaban J connectivity index is 2.00. The summed E-state index contributed by atoms with van der Waals surface area (Å²) >= 11 is 0. The van der Waals surface area contributed by atoms with Gasteiger partial charge in [0.05, 0.1) is 0 Å². The number of aliphatic hydroxyl groups is 1. The molecule has 1 N–H and O–H groups in total. The summed E-state index contributed by atoms with van der Waals surface area (Å²) in [7, 11) is 0. The van der Waals surface area contributed by atoms with E-state index in [0.29, 0.717) is 0 Å². The molecular weight excluding hydrogens is 176 g/mol. The Bertz CT molecular complexity index is 299. The molecule has 2 saturated heterocycles. The van der Waals surface area contributed by atoms with Crippen molar-refractivity contribution >= 4 is 5.97 Å². The zero-order valence-corrected chi connectivity index (χ0v) is 7.31. The van der Waals surface area contributed by atoms with Crippen molar-refractivity contribution in [3.63, 3.8) is 0 Å². The molecule has 72 valence electrons. The second-order valence-corrected chi connectivity index (χ2v) is 4.16. The number of hydrogen-bond donors (Lipinski definition) is 1. The Morgan fingerprint density at radius 2 is 2.15 bits per heavy atom. The minimum Gasteiger partial charge on any atom is -0.454 e. The molecule has 0 aromatic rings. The van der Waals surface area contributed by atoms with Gasteiger partial charge >= 0.3 is 5.97 Å². The average Bonchev–Trinajstić information content (AvgIpc) is 2.41. The summed E-state index contributed by atoms with van der Waals surface area (Å²) in [6, 6.07) is 0. The smallest absolute Gasteiger partial charge is 0.339 e.